The van der Waals surface area contributed by atoms with Crippen LogP contribution in [0.5, 0.6) is 0 Å². The molecule has 8 heteroatoms. The number of hydrogen-bond donors (Lipinski definition) is 1. The number of rotatable bonds is 5. The van der Waals surface area contributed by atoms with Gasteiger partial charge < -0.3 is 5.32 Å². The summed E-state index contributed by atoms with van der Waals surface area (Å²) < 4.78 is 2.92. The number of nitrogens with zero attached hydrogens (tertiary/aromatic N) is 4. The number of fused-ring (bicyclic) bond motifs is 1. The van der Waals surface area contributed by atoms with Crippen molar-refractivity contribution >= 4 is 44.6 Å². The fourth-order valence-corrected chi connectivity index (χ4v) is 4.84. The monoisotopic (exact) mass is 417 g/mol. The molecule has 4 aromatic heterocycles. The topological polar surface area (TPSA) is 72.7 Å². The highest BCUT2D eigenvalue weighted by Crippen LogP contribution is 2.34. The Morgan fingerprint density at radius 2 is 1.86 bits per heavy atom. The molecule has 1 N–H and O–H groups in total. The largest absolute Gasteiger partial charge is 0.304 e. The van der Waals surface area contributed by atoms with Crippen LogP contribution in [-0.2, 0) is 6.54 Å². The highest BCUT2D eigenvalue weighted by molar-refractivity contribution is 7.26. The molecular formula is C21H15N5OS2. The van der Waals surface area contributed by atoms with Crippen molar-refractivity contribution in [2.24, 2.45) is 0 Å². The maximum atomic E-state index is 12.6. The summed E-state index contributed by atoms with van der Waals surface area (Å²) >= 11 is 3.06. The smallest absolute Gasteiger partial charge is 0.266 e. The Hall–Kier alpha value is -3.36. The number of hydrogen-bond acceptors (Lipinski definition) is 6. The van der Waals surface area contributed by atoms with Crippen LogP contribution in [0.15, 0.2) is 73.2 Å². The van der Waals surface area contributed by atoms with Crippen molar-refractivity contribution in [1.29, 1.82) is 0 Å². The van der Waals surface area contributed by atoms with Crippen molar-refractivity contribution < 1.29 is 4.79 Å². The molecule has 0 unspecified atom stereocenters. The molecule has 0 spiro atoms. The number of aromatic nitrogens is 4. The first-order valence-electron chi connectivity index (χ1n) is 8.94. The zero-order chi connectivity index (χ0) is 19.6. The quantitative estimate of drug-likeness (QED) is 0.441. The Labute approximate surface area is 174 Å². The number of benzene rings is 1. The van der Waals surface area contributed by atoms with Gasteiger partial charge in [-0.05, 0) is 42.0 Å². The first-order valence-corrected chi connectivity index (χ1v) is 10.6. The summed E-state index contributed by atoms with van der Waals surface area (Å²) in [5, 5.41) is 8.22. The van der Waals surface area contributed by atoms with Gasteiger partial charge in [-0.15, -0.1) is 22.7 Å². The molecule has 4 heterocycles. The first kappa shape index (κ1) is 17.7. The minimum absolute atomic E-state index is 0.170. The zero-order valence-corrected chi connectivity index (χ0v) is 16.8. The van der Waals surface area contributed by atoms with E-state index in [9.17, 15) is 4.79 Å². The Morgan fingerprint density at radius 3 is 2.72 bits per heavy atom. The van der Waals surface area contributed by atoms with E-state index in [4.69, 9.17) is 0 Å². The average Bonchev–Trinajstić information content (AvgIpc) is 3.48. The molecule has 0 aliphatic carbocycles. The number of para-hydroxylation sites is 1. The third-order valence-corrected chi connectivity index (χ3v) is 6.60. The average molecular weight is 418 g/mol. The molecule has 0 aliphatic heterocycles. The van der Waals surface area contributed by atoms with Crippen molar-refractivity contribution in [1.82, 2.24) is 19.7 Å². The molecule has 0 saturated carbocycles. The van der Waals surface area contributed by atoms with Gasteiger partial charge in [-0.2, -0.15) is 5.10 Å². The molecule has 0 radical (unpaired) electrons. The fourth-order valence-electron chi connectivity index (χ4n) is 2.92. The van der Waals surface area contributed by atoms with Crippen LogP contribution in [0.4, 0.5) is 5.82 Å². The van der Waals surface area contributed by atoms with Gasteiger partial charge in [0, 0.05) is 24.7 Å². The highest BCUT2D eigenvalue weighted by atomic mass is 32.1. The maximum absolute atomic E-state index is 12.6. The molecule has 5 aromatic rings. The van der Waals surface area contributed by atoms with E-state index in [1.54, 1.807) is 34.5 Å². The van der Waals surface area contributed by atoms with Gasteiger partial charge in [0.05, 0.1) is 26.5 Å². The molecule has 6 nitrogen and oxygen atoms in total. The summed E-state index contributed by atoms with van der Waals surface area (Å²) in [6.07, 6.45) is 5.35. The third-order valence-electron chi connectivity index (χ3n) is 4.31. The van der Waals surface area contributed by atoms with E-state index in [2.05, 4.69) is 26.4 Å². The van der Waals surface area contributed by atoms with Gasteiger partial charge in [0.2, 0.25) is 0 Å². The maximum Gasteiger partial charge on any atom is 0.266 e. The number of anilines is 1. The van der Waals surface area contributed by atoms with Gasteiger partial charge in [0.15, 0.2) is 5.82 Å². The predicted molar refractivity (Wildman–Crippen MR) is 116 cm³/mol. The molecular weight excluding hydrogens is 402 g/mol. The van der Waals surface area contributed by atoms with Gasteiger partial charge in [-0.3, -0.25) is 14.5 Å². The summed E-state index contributed by atoms with van der Waals surface area (Å²) in [7, 11) is 0. The Balaban J connectivity index is 1.29. The second kappa shape index (κ2) is 7.57. The molecule has 5 rings (SSSR count). The number of carbonyl (C=O) groups is 1. The lowest BCUT2D eigenvalue weighted by Crippen LogP contribution is -2.11. The van der Waals surface area contributed by atoms with E-state index in [1.807, 2.05) is 48.7 Å². The van der Waals surface area contributed by atoms with Crippen LogP contribution in [0.2, 0.25) is 0 Å². The lowest BCUT2D eigenvalue weighted by atomic mass is 10.3. The van der Waals surface area contributed by atoms with E-state index in [-0.39, 0.29) is 5.91 Å². The van der Waals surface area contributed by atoms with E-state index in [1.165, 1.54) is 11.3 Å². The zero-order valence-electron chi connectivity index (χ0n) is 15.1. The summed E-state index contributed by atoms with van der Waals surface area (Å²) in [6.45, 7) is 0.624. The van der Waals surface area contributed by atoms with Gasteiger partial charge in [-0.25, -0.2) is 4.98 Å². The molecule has 0 fully saturated rings. The number of pyridine rings is 1. The van der Waals surface area contributed by atoms with Crippen LogP contribution >= 0.6 is 22.7 Å². The van der Waals surface area contributed by atoms with Crippen molar-refractivity contribution in [3.63, 3.8) is 0 Å². The van der Waals surface area contributed by atoms with Crippen LogP contribution in [0.25, 0.3) is 20.1 Å². The van der Waals surface area contributed by atoms with Crippen LogP contribution < -0.4 is 5.32 Å². The number of nitrogens with one attached hydrogen (secondary N) is 1. The molecule has 29 heavy (non-hydrogen) atoms. The van der Waals surface area contributed by atoms with Gasteiger partial charge in [0.1, 0.15) is 5.01 Å². The number of carbonyl (C=O) groups excluding carboxylic acids is 1. The van der Waals surface area contributed by atoms with Gasteiger partial charge >= 0.3 is 0 Å². The standard InChI is InChI=1S/C21H15N5OS2/c27-20(24-19-9-12-26(25-19)13-14-7-10-22-11-8-14)17-5-6-18(28-17)21-23-15-3-1-2-4-16(15)29-21/h1-12H,13H2,(H,24,25,27). The lowest BCUT2D eigenvalue weighted by molar-refractivity contribution is 0.103. The summed E-state index contributed by atoms with van der Waals surface area (Å²) in [5.74, 6) is 0.357. The molecule has 142 valence electrons. The lowest BCUT2D eigenvalue weighted by Gasteiger charge is -2.01. The van der Waals surface area contributed by atoms with Crippen LogP contribution in [0, 0.1) is 0 Å². The normalized spacial score (nSPS) is 11.0. The van der Waals surface area contributed by atoms with Crippen molar-refractivity contribution in [3.8, 4) is 9.88 Å². The Morgan fingerprint density at radius 1 is 1.00 bits per heavy atom. The molecule has 1 aromatic carbocycles. The van der Waals surface area contributed by atoms with E-state index in [0.717, 1.165) is 25.7 Å². The Bertz CT molecular complexity index is 1260. The van der Waals surface area contributed by atoms with Gasteiger partial charge in [-0.1, -0.05) is 12.1 Å². The minimum atomic E-state index is -0.170. The first-order chi connectivity index (χ1) is 14.2. The number of thiazole rings is 1. The molecule has 1 amide bonds. The van der Waals surface area contributed by atoms with E-state index in [0.29, 0.717) is 17.2 Å². The molecule has 0 aliphatic rings. The van der Waals surface area contributed by atoms with E-state index >= 15 is 0 Å². The Kier molecular flexibility index (Phi) is 4.63. The molecule has 0 bridgehead atoms. The number of amides is 1. The second-order valence-corrected chi connectivity index (χ2v) is 8.47. The number of thiophene rings is 1. The van der Waals surface area contributed by atoms with Crippen molar-refractivity contribution in [3.05, 3.63) is 83.6 Å². The second-order valence-electron chi connectivity index (χ2n) is 6.36. The van der Waals surface area contributed by atoms with Crippen LogP contribution in [-0.4, -0.2) is 25.7 Å². The fraction of sp³-hybridized carbons (Fsp3) is 0.0476. The van der Waals surface area contributed by atoms with Crippen molar-refractivity contribution in [2.45, 2.75) is 6.54 Å². The minimum Gasteiger partial charge on any atom is -0.304 e. The summed E-state index contributed by atoms with van der Waals surface area (Å²) in [4.78, 5) is 22.9. The van der Waals surface area contributed by atoms with Crippen molar-refractivity contribution in [2.75, 3.05) is 5.32 Å². The van der Waals surface area contributed by atoms with Crippen LogP contribution in [0.1, 0.15) is 15.2 Å². The van der Waals surface area contributed by atoms with E-state index < -0.39 is 0 Å². The summed E-state index contributed by atoms with van der Waals surface area (Å²) in [6, 6.07) is 17.5. The predicted octanol–water partition coefficient (Wildman–Crippen LogP) is 4.92. The van der Waals surface area contributed by atoms with Gasteiger partial charge in [0.25, 0.3) is 5.91 Å². The molecule has 0 saturated heterocycles. The molecule has 0 atom stereocenters. The van der Waals surface area contributed by atoms with Crippen LogP contribution in [0.3, 0.4) is 0 Å². The summed E-state index contributed by atoms with van der Waals surface area (Å²) in [5.41, 5.74) is 2.08. The third kappa shape index (κ3) is 3.80. The highest BCUT2D eigenvalue weighted by Gasteiger charge is 2.14. The SMILES string of the molecule is O=C(Nc1ccn(Cc2ccncc2)n1)c1ccc(-c2nc3ccccc3s2)s1.